The summed E-state index contributed by atoms with van der Waals surface area (Å²) in [6, 6.07) is 8.51. The van der Waals surface area contributed by atoms with Gasteiger partial charge in [-0.3, -0.25) is 9.52 Å². The number of sulfonamides is 1. The van der Waals surface area contributed by atoms with E-state index in [1.807, 2.05) is 0 Å². The van der Waals surface area contributed by atoms with Crippen LogP contribution in [0.15, 0.2) is 47.3 Å². The number of hydrogen-bond acceptors (Lipinski definition) is 6. The number of fused-ring (bicyclic) bond motifs is 1. The highest BCUT2D eigenvalue weighted by Gasteiger charge is 2.21. The molecule has 0 saturated heterocycles. The highest BCUT2D eigenvalue weighted by atomic mass is 32.2. The molecular formula is C25H23F2N3O6S. The van der Waals surface area contributed by atoms with Crippen molar-refractivity contribution >= 4 is 32.5 Å². The second kappa shape index (κ2) is 10.1. The van der Waals surface area contributed by atoms with Gasteiger partial charge in [-0.1, -0.05) is 0 Å². The molecule has 0 unspecified atom stereocenters. The fourth-order valence-corrected chi connectivity index (χ4v) is 4.41. The van der Waals surface area contributed by atoms with Crippen molar-refractivity contribution in [3.05, 3.63) is 75.8 Å². The molecule has 0 fully saturated rings. The van der Waals surface area contributed by atoms with Gasteiger partial charge >= 0.3 is 5.97 Å². The zero-order valence-electron chi connectivity index (χ0n) is 20.1. The Kier molecular flexibility index (Phi) is 7.03. The molecule has 37 heavy (non-hydrogen) atoms. The number of hydrogen-bond donors (Lipinski definition) is 3. The van der Waals surface area contributed by atoms with E-state index in [1.165, 1.54) is 31.2 Å². The molecule has 2 aromatic heterocycles. The fourth-order valence-electron chi connectivity index (χ4n) is 3.78. The van der Waals surface area contributed by atoms with Gasteiger partial charge in [-0.2, -0.15) is 0 Å². The van der Waals surface area contributed by atoms with Gasteiger partial charge in [0.05, 0.1) is 23.4 Å². The Bertz CT molecular complexity index is 1680. The summed E-state index contributed by atoms with van der Waals surface area (Å²) in [5, 5.41) is 0.575. The normalized spacial score (nSPS) is 11.5. The Morgan fingerprint density at radius 1 is 1.03 bits per heavy atom. The minimum absolute atomic E-state index is 0.0751. The van der Waals surface area contributed by atoms with Gasteiger partial charge in [0, 0.05) is 28.4 Å². The van der Waals surface area contributed by atoms with Crippen LogP contribution in [0.2, 0.25) is 0 Å². The lowest BCUT2D eigenvalue weighted by Crippen LogP contribution is -2.15. The van der Waals surface area contributed by atoms with E-state index in [0.29, 0.717) is 22.8 Å². The Morgan fingerprint density at radius 2 is 1.76 bits per heavy atom. The summed E-state index contributed by atoms with van der Waals surface area (Å²) in [7, 11) is -3.64. The second-order valence-corrected chi connectivity index (χ2v) is 10.1. The topological polar surface area (TPSA) is 130 Å². The molecule has 9 nitrogen and oxygen atoms in total. The van der Waals surface area contributed by atoms with Crippen molar-refractivity contribution < 1.29 is 31.5 Å². The molecule has 0 bridgehead atoms. The largest absolute Gasteiger partial charge is 0.461 e. The first kappa shape index (κ1) is 25.9. The van der Waals surface area contributed by atoms with E-state index in [-0.39, 0.29) is 46.2 Å². The first-order chi connectivity index (χ1) is 17.5. The van der Waals surface area contributed by atoms with Gasteiger partial charge in [0.2, 0.25) is 10.0 Å². The summed E-state index contributed by atoms with van der Waals surface area (Å²) < 4.78 is 65.3. The van der Waals surface area contributed by atoms with E-state index in [2.05, 4.69) is 14.7 Å². The van der Waals surface area contributed by atoms with E-state index in [0.717, 1.165) is 12.1 Å². The van der Waals surface area contributed by atoms with Crippen molar-refractivity contribution in [2.24, 2.45) is 0 Å². The van der Waals surface area contributed by atoms with Gasteiger partial charge in [-0.05, 0) is 57.2 Å². The molecule has 0 atom stereocenters. The van der Waals surface area contributed by atoms with Crippen LogP contribution in [0.3, 0.4) is 0 Å². The minimum atomic E-state index is -3.64. The number of anilines is 1. The van der Waals surface area contributed by atoms with Crippen LogP contribution in [0.25, 0.3) is 22.0 Å². The number of nitrogens with one attached hydrogen (secondary N) is 3. The number of H-pyrrole nitrogens is 2. The van der Waals surface area contributed by atoms with Crippen LogP contribution in [-0.2, 0) is 14.8 Å². The third-order valence-corrected chi connectivity index (χ3v) is 6.81. The van der Waals surface area contributed by atoms with Gasteiger partial charge in [0.15, 0.2) is 11.6 Å². The molecule has 4 rings (SSSR count). The van der Waals surface area contributed by atoms with E-state index in [4.69, 9.17) is 9.47 Å². The summed E-state index contributed by atoms with van der Waals surface area (Å²) in [5.74, 6) is -2.85. The molecule has 2 aromatic carbocycles. The number of benzene rings is 2. The maximum absolute atomic E-state index is 14.4. The van der Waals surface area contributed by atoms with Crippen LogP contribution in [0.5, 0.6) is 11.5 Å². The third kappa shape index (κ3) is 5.33. The molecule has 12 heteroatoms. The van der Waals surface area contributed by atoms with Crippen molar-refractivity contribution in [3.8, 4) is 22.8 Å². The second-order valence-electron chi connectivity index (χ2n) is 8.04. The van der Waals surface area contributed by atoms with Crippen LogP contribution in [-0.4, -0.2) is 36.7 Å². The highest BCUT2D eigenvalue weighted by Crippen LogP contribution is 2.39. The van der Waals surface area contributed by atoms with Crippen LogP contribution in [0.1, 0.15) is 30.0 Å². The van der Waals surface area contributed by atoms with Crippen LogP contribution in [0.4, 0.5) is 14.5 Å². The fraction of sp³-hybridized carbons (Fsp3) is 0.200. The molecule has 0 aliphatic carbocycles. The first-order valence-corrected chi connectivity index (χ1v) is 12.9. The Balaban J connectivity index is 1.95. The Morgan fingerprint density at radius 3 is 2.43 bits per heavy atom. The van der Waals surface area contributed by atoms with Crippen molar-refractivity contribution in [1.29, 1.82) is 0 Å². The average Bonchev–Trinajstić information content (AvgIpc) is 3.18. The van der Waals surface area contributed by atoms with Crippen molar-refractivity contribution in [2.75, 3.05) is 17.1 Å². The number of aryl methyl sites for hydroxylation is 1. The van der Waals surface area contributed by atoms with E-state index in [9.17, 15) is 26.8 Å². The number of esters is 1. The van der Waals surface area contributed by atoms with Gasteiger partial charge in [0.1, 0.15) is 17.3 Å². The monoisotopic (exact) mass is 531 g/mol. The molecule has 0 radical (unpaired) electrons. The molecule has 0 aliphatic rings. The predicted octanol–water partition coefficient (Wildman–Crippen LogP) is 4.84. The summed E-state index contributed by atoms with van der Waals surface area (Å²) in [4.78, 5) is 30.7. The molecule has 3 N–H and O–H groups in total. The van der Waals surface area contributed by atoms with E-state index in [1.54, 1.807) is 13.8 Å². The van der Waals surface area contributed by atoms with E-state index < -0.39 is 33.2 Å². The number of pyridine rings is 1. The molecule has 4 aromatic rings. The smallest absolute Gasteiger partial charge is 0.354 e. The number of aromatic nitrogens is 2. The molecule has 0 amide bonds. The molecule has 0 saturated carbocycles. The third-order valence-electron chi connectivity index (χ3n) is 5.50. The number of rotatable bonds is 8. The molecule has 0 aliphatic heterocycles. The van der Waals surface area contributed by atoms with Crippen LogP contribution >= 0.6 is 0 Å². The lowest BCUT2D eigenvalue weighted by molar-refractivity contribution is 0.0519. The van der Waals surface area contributed by atoms with Gasteiger partial charge in [-0.15, -0.1) is 0 Å². The van der Waals surface area contributed by atoms with Crippen molar-refractivity contribution in [1.82, 2.24) is 9.97 Å². The predicted molar refractivity (Wildman–Crippen MR) is 135 cm³/mol. The van der Waals surface area contributed by atoms with Crippen molar-refractivity contribution in [2.45, 2.75) is 20.8 Å². The van der Waals surface area contributed by atoms with E-state index >= 15 is 0 Å². The lowest BCUT2D eigenvalue weighted by Gasteiger charge is -2.14. The average molecular weight is 532 g/mol. The number of carbonyl (C=O) groups is 1. The minimum Gasteiger partial charge on any atom is -0.461 e. The molecule has 2 heterocycles. The lowest BCUT2D eigenvalue weighted by atomic mass is 10.1. The summed E-state index contributed by atoms with van der Waals surface area (Å²) in [5.41, 5.74) is 0.558. The van der Waals surface area contributed by atoms with Gasteiger partial charge < -0.3 is 19.4 Å². The number of halogens is 2. The maximum atomic E-state index is 14.4. The van der Waals surface area contributed by atoms with Crippen LogP contribution < -0.4 is 15.0 Å². The Labute approximate surface area is 210 Å². The number of carbonyl (C=O) groups excluding carboxylic acids is 1. The van der Waals surface area contributed by atoms with Gasteiger partial charge in [-0.25, -0.2) is 22.0 Å². The van der Waals surface area contributed by atoms with Crippen LogP contribution in [0, 0.1) is 18.6 Å². The number of ether oxygens (including phenoxy) is 2. The quantitative estimate of drug-likeness (QED) is 0.279. The zero-order valence-corrected chi connectivity index (χ0v) is 20.9. The van der Waals surface area contributed by atoms with Gasteiger partial charge in [0.25, 0.3) is 5.56 Å². The number of aromatic amines is 2. The summed E-state index contributed by atoms with van der Waals surface area (Å²) >= 11 is 0. The first-order valence-electron chi connectivity index (χ1n) is 11.2. The standard InChI is InChI=1S/C25H23F2N3O6S/c1-4-35-25(32)19-12-17-22(24(31)29-19)13(3)28-23(17)16-11-15(30-37(33,34)5-2)7-9-20(16)36-21-8-6-14(26)10-18(21)27/h6-12,28,30H,4-5H2,1-3H3,(H,29,31). The SMILES string of the molecule is CCOC(=O)c1cc2c(-c3cc(NS(=O)(=O)CC)ccc3Oc3ccc(F)cc3F)[nH]c(C)c2c(=O)[nH]1. The zero-order chi connectivity index (χ0) is 26.9. The summed E-state index contributed by atoms with van der Waals surface area (Å²) in [6.07, 6.45) is 0. The Hall–Kier alpha value is -4.19. The molecule has 194 valence electrons. The maximum Gasteiger partial charge on any atom is 0.354 e. The molecular weight excluding hydrogens is 508 g/mol. The van der Waals surface area contributed by atoms with Crippen molar-refractivity contribution in [3.63, 3.8) is 0 Å². The molecule has 0 spiro atoms. The summed E-state index contributed by atoms with van der Waals surface area (Å²) in [6.45, 7) is 4.85. The highest BCUT2D eigenvalue weighted by molar-refractivity contribution is 7.92.